The van der Waals surface area contributed by atoms with Crippen molar-refractivity contribution in [3.63, 3.8) is 0 Å². The van der Waals surface area contributed by atoms with Gasteiger partial charge in [0.1, 0.15) is 0 Å². The van der Waals surface area contributed by atoms with E-state index in [0.717, 1.165) is 19.3 Å². The van der Waals surface area contributed by atoms with Gasteiger partial charge in [-0.2, -0.15) is 0 Å². The average molecular weight is 320 g/mol. The van der Waals surface area contributed by atoms with Crippen molar-refractivity contribution < 1.29 is 4.21 Å². The minimum absolute atomic E-state index is 0.114. The lowest BCUT2D eigenvalue weighted by molar-refractivity contribution is 0.500. The highest BCUT2D eigenvalue weighted by Crippen LogP contribution is 2.30. The number of nitrogens with one attached hydrogen (secondary N) is 1. The quantitative estimate of drug-likeness (QED) is 0.852. The van der Waals surface area contributed by atoms with Crippen LogP contribution in [0.25, 0.3) is 0 Å². The standard InChI is InChI=1S/C14H19Cl2NOS/c1-17-12-5-3-2-4-6-13(12)19(18)14-9-10(15)7-8-11(14)16/h7-9,12-13,17H,2-6H2,1H3. The van der Waals surface area contributed by atoms with Crippen LogP contribution in [0.4, 0.5) is 0 Å². The minimum Gasteiger partial charge on any atom is -0.316 e. The van der Waals surface area contributed by atoms with Crippen molar-refractivity contribution in [3.05, 3.63) is 28.2 Å². The van der Waals surface area contributed by atoms with E-state index < -0.39 is 10.8 Å². The van der Waals surface area contributed by atoms with Gasteiger partial charge in [0.25, 0.3) is 0 Å². The maximum atomic E-state index is 12.8. The number of halogens is 2. The number of rotatable bonds is 3. The fraction of sp³-hybridized carbons (Fsp3) is 0.571. The fourth-order valence-electron chi connectivity index (χ4n) is 2.65. The van der Waals surface area contributed by atoms with Gasteiger partial charge in [0.05, 0.1) is 26.0 Å². The van der Waals surface area contributed by atoms with Crippen LogP contribution in [0.3, 0.4) is 0 Å². The zero-order valence-electron chi connectivity index (χ0n) is 11.0. The van der Waals surface area contributed by atoms with Crippen LogP contribution < -0.4 is 5.32 Å². The monoisotopic (exact) mass is 319 g/mol. The second-order valence-electron chi connectivity index (χ2n) is 4.94. The summed E-state index contributed by atoms with van der Waals surface area (Å²) in [5.74, 6) is 0. The summed E-state index contributed by atoms with van der Waals surface area (Å²) >= 11 is 12.2. The van der Waals surface area contributed by atoms with Gasteiger partial charge in [-0.25, -0.2) is 0 Å². The van der Waals surface area contributed by atoms with Crippen molar-refractivity contribution in [2.45, 2.75) is 48.3 Å². The molecule has 0 saturated heterocycles. The van der Waals surface area contributed by atoms with E-state index in [9.17, 15) is 4.21 Å². The van der Waals surface area contributed by atoms with Gasteiger partial charge in [-0.3, -0.25) is 4.21 Å². The summed E-state index contributed by atoms with van der Waals surface area (Å²) in [6.45, 7) is 0. The van der Waals surface area contributed by atoms with E-state index in [2.05, 4.69) is 5.32 Å². The molecular formula is C14H19Cl2NOS. The third-order valence-electron chi connectivity index (χ3n) is 3.71. The Bertz CT molecular complexity index is 467. The Morgan fingerprint density at radius 2 is 1.95 bits per heavy atom. The maximum Gasteiger partial charge on any atom is 0.0592 e. The Balaban J connectivity index is 2.27. The summed E-state index contributed by atoms with van der Waals surface area (Å²) in [7, 11) is 0.833. The summed E-state index contributed by atoms with van der Waals surface area (Å²) in [6.07, 6.45) is 5.59. The van der Waals surface area contributed by atoms with Gasteiger partial charge in [0, 0.05) is 11.1 Å². The van der Waals surface area contributed by atoms with E-state index in [0.29, 0.717) is 21.0 Å². The molecule has 1 saturated carbocycles. The van der Waals surface area contributed by atoms with Crippen LogP contribution in [-0.4, -0.2) is 22.5 Å². The normalized spacial score (nSPS) is 25.8. The average Bonchev–Trinajstić information content (AvgIpc) is 2.65. The second kappa shape index (κ2) is 7.07. The molecule has 106 valence electrons. The highest BCUT2D eigenvalue weighted by molar-refractivity contribution is 7.85. The zero-order chi connectivity index (χ0) is 13.8. The van der Waals surface area contributed by atoms with Crippen LogP contribution in [0.1, 0.15) is 32.1 Å². The van der Waals surface area contributed by atoms with E-state index >= 15 is 0 Å². The minimum atomic E-state index is -1.11. The summed E-state index contributed by atoms with van der Waals surface area (Å²) in [4.78, 5) is 0.668. The molecule has 19 heavy (non-hydrogen) atoms. The van der Waals surface area contributed by atoms with Gasteiger partial charge in [-0.05, 0) is 38.1 Å². The largest absolute Gasteiger partial charge is 0.316 e. The van der Waals surface area contributed by atoms with Crippen molar-refractivity contribution in [3.8, 4) is 0 Å². The summed E-state index contributed by atoms with van der Waals surface area (Å²) in [6, 6.07) is 5.48. The van der Waals surface area contributed by atoms with Gasteiger partial charge in [-0.15, -0.1) is 0 Å². The molecule has 0 spiro atoms. The van der Waals surface area contributed by atoms with Crippen molar-refractivity contribution >= 4 is 34.0 Å². The molecule has 1 fully saturated rings. The van der Waals surface area contributed by atoms with Gasteiger partial charge in [0.15, 0.2) is 0 Å². The molecule has 2 nitrogen and oxygen atoms in total. The van der Waals surface area contributed by atoms with Crippen LogP contribution in [-0.2, 0) is 10.8 Å². The summed E-state index contributed by atoms with van der Waals surface area (Å²) < 4.78 is 12.8. The Kier molecular flexibility index (Phi) is 5.70. The maximum absolute atomic E-state index is 12.8. The molecule has 0 heterocycles. The molecule has 2 rings (SSSR count). The Labute approximate surface area is 127 Å². The molecule has 1 N–H and O–H groups in total. The van der Waals surface area contributed by atoms with Crippen LogP contribution in [0.15, 0.2) is 23.1 Å². The first-order valence-electron chi connectivity index (χ1n) is 6.66. The Morgan fingerprint density at radius 3 is 2.68 bits per heavy atom. The van der Waals surface area contributed by atoms with Crippen LogP contribution in [0, 0.1) is 0 Å². The van der Waals surface area contributed by atoms with E-state index in [-0.39, 0.29) is 5.25 Å². The molecule has 3 unspecified atom stereocenters. The predicted molar refractivity (Wildman–Crippen MR) is 82.6 cm³/mol. The van der Waals surface area contributed by atoms with Gasteiger partial charge in [0.2, 0.25) is 0 Å². The van der Waals surface area contributed by atoms with Gasteiger partial charge in [-0.1, -0.05) is 42.5 Å². The fourth-order valence-corrected chi connectivity index (χ4v) is 5.02. The summed E-state index contributed by atoms with van der Waals surface area (Å²) in [5, 5.41) is 4.55. The highest BCUT2D eigenvalue weighted by Gasteiger charge is 2.29. The number of hydrogen-bond donors (Lipinski definition) is 1. The third kappa shape index (κ3) is 3.72. The van der Waals surface area contributed by atoms with Crippen LogP contribution >= 0.6 is 23.2 Å². The van der Waals surface area contributed by atoms with Crippen LogP contribution in [0.2, 0.25) is 10.0 Å². The molecule has 5 heteroatoms. The van der Waals surface area contributed by atoms with E-state index in [1.165, 1.54) is 12.8 Å². The van der Waals surface area contributed by atoms with Crippen LogP contribution in [0.5, 0.6) is 0 Å². The second-order valence-corrected chi connectivity index (χ2v) is 7.43. The van der Waals surface area contributed by atoms with Crippen molar-refractivity contribution in [2.75, 3.05) is 7.05 Å². The molecule has 1 aromatic rings. The smallest absolute Gasteiger partial charge is 0.0592 e. The highest BCUT2D eigenvalue weighted by atomic mass is 35.5. The molecule has 0 aliphatic heterocycles. The van der Waals surface area contributed by atoms with Gasteiger partial charge >= 0.3 is 0 Å². The van der Waals surface area contributed by atoms with Crippen molar-refractivity contribution in [1.29, 1.82) is 0 Å². The molecule has 0 bridgehead atoms. The third-order valence-corrected chi connectivity index (χ3v) is 6.27. The molecule has 0 aromatic heterocycles. The van der Waals surface area contributed by atoms with E-state index in [4.69, 9.17) is 23.2 Å². The Morgan fingerprint density at radius 1 is 1.21 bits per heavy atom. The molecule has 1 aliphatic rings. The lowest BCUT2D eigenvalue weighted by Crippen LogP contribution is -2.39. The predicted octanol–water partition coefficient (Wildman–Crippen LogP) is 4.02. The van der Waals surface area contributed by atoms with Crippen molar-refractivity contribution in [1.82, 2.24) is 5.32 Å². The number of benzene rings is 1. The molecule has 1 aromatic carbocycles. The van der Waals surface area contributed by atoms with E-state index in [1.807, 2.05) is 7.05 Å². The van der Waals surface area contributed by atoms with Crippen molar-refractivity contribution in [2.24, 2.45) is 0 Å². The molecular weight excluding hydrogens is 301 g/mol. The SMILES string of the molecule is CNC1CCCCCC1S(=O)c1cc(Cl)ccc1Cl. The Hall–Kier alpha value is -0.0900. The zero-order valence-corrected chi connectivity index (χ0v) is 13.3. The summed E-state index contributed by atoms with van der Waals surface area (Å²) in [5.41, 5.74) is 0. The molecule has 1 aliphatic carbocycles. The lowest BCUT2D eigenvalue weighted by Gasteiger charge is -2.24. The van der Waals surface area contributed by atoms with E-state index in [1.54, 1.807) is 18.2 Å². The first-order chi connectivity index (χ1) is 9.13. The number of hydrogen-bond acceptors (Lipinski definition) is 2. The molecule has 0 radical (unpaired) electrons. The van der Waals surface area contributed by atoms with Gasteiger partial charge < -0.3 is 5.32 Å². The molecule has 0 amide bonds. The first kappa shape index (κ1) is 15.3. The first-order valence-corrected chi connectivity index (χ1v) is 8.63. The molecule has 3 atom stereocenters. The lowest BCUT2D eigenvalue weighted by atomic mass is 10.1. The topological polar surface area (TPSA) is 29.1 Å².